The van der Waals surface area contributed by atoms with E-state index in [-0.39, 0.29) is 42.5 Å². The molecule has 0 aliphatic heterocycles. The van der Waals surface area contributed by atoms with Crippen LogP contribution in [0.15, 0.2) is 53.3 Å². The molecule has 0 saturated carbocycles. The number of aryl methyl sites for hydroxylation is 1. The van der Waals surface area contributed by atoms with E-state index >= 15 is 0 Å². The van der Waals surface area contributed by atoms with Crippen LogP contribution in [-0.2, 0) is 22.6 Å². The van der Waals surface area contributed by atoms with Gasteiger partial charge in [0.25, 0.3) is 5.56 Å². The van der Waals surface area contributed by atoms with Crippen LogP contribution < -0.4 is 20.9 Å². The van der Waals surface area contributed by atoms with E-state index in [1.807, 2.05) is 19.9 Å². The molecule has 1 aromatic heterocycles. The van der Waals surface area contributed by atoms with Crippen LogP contribution >= 0.6 is 0 Å². The summed E-state index contributed by atoms with van der Waals surface area (Å²) in [5, 5.41) is 5.51. The standard InChI is InChI=1S/C23H26N4O4/c1-3-24-21(28)14-13-19-23(30)27(20-8-6-5-7-18(20)26-19)15-22(29)25-16-9-11-17(12-10-16)31-4-2/h5-12H,3-4,13-15H2,1-2H3,(H,24,28)(H,25,29). The lowest BCUT2D eigenvalue weighted by molar-refractivity contribution is -0.121. The zero-order chi connectivity index (χ0) is 22.2. The predicted octanol–water partition coefficient (Wildman–Crippen LogP) is 2.50. The van der Waals surface area contributed by atoms with E-state index in [2.05, 4.69) is 15.6 Å². The zero-order valence-electron chi connectivity index (χ0n) is 17.7. The van der Waals surface area contributed by atoms with Crippen LogP contribution in [0, 0.1) is 0 Å². The molecular formula is C23H26N4O4. The Morgan fingerprint density at radius 1 is 1.03 bits per heavy atom. The molecule has 0 aliphatic carbocycles. The van der Waals surface area contributed by atoms with Crippen LogP contribution in [0.3, 0.4) is 0 Å². The summed E-state index contributed by atoms with van der Waals surface area (Å²) in [7, 11) is 0. The minimum Gasteiger partial charge on any atom is -0.494 e. The Balaban J connectivity index is 1.82. The summed E-state index contributed by atoms with van der Waals surface area (Å²) in [5.41, 5.74) is 1.66. The Kier molecular flexibility index (Phi) is 7.37. The lowest BCUT2D eigenvalue weighted by Gasteiger charge is -2.13. The van der Waals surface area contributed by atoms with Gasteiger partial charge in [-0.2, -0.15) is 0 Å². The summed E-state index contributed by atoms with van der Waals surface area (Å²) in [4.78, 5) is 41.9. The zero-order valence-corrected chi connectivity index (χ0v) is 17.7. The number of hydrogen-bond acceptors (Lipinski definition) is 5. The van der Waals surface area contributed by atoms with Gasteiger partial charge in [-0.25, -0.2) is 4.98 Å². The molecule has 8 heteroatoms. The normalized spacial score (nSPS) is 10.6. The third-order valence-electron chi connectivity index (χ3n) is 4.63. The number of carbonyl (C=O) groups excluding carboxylic acids is 2. The Morgan fingerprint density at radius 3 is 2.48 bits per heavy atom. The maximum Gasteiger partial charge on any atom is 0.273 e. The highest BCUT2D eigenvalue weighted by molar-refractivity contribution is 5.91. The first-order valence-corrected chi connectivity index (χ1v) is 10.3. The van der Waals surface area contributed by atoms with Crippen molar-refractivity contribution >= 4 is 28.5 Å². The lowest BCUT2D eigenvalue weighted by atomic mass is 10.2. The van der Waals surface area contributed by atoms with Crippen LogP contribution in [0.25, 0.3) is 11.0 Å². The molecule has 2 amide bonds. The molecule has 2 aromatic carbocycles. The number of anilines is 1. The van der Waals surface area contributed by atoms with Crippen molar-refractivity contribution in [3.63, 3.8) is 0 Å². The Bertz CT molecular complexity index is 1120. The number of nitrogens with one attached hydrogen (secondary N) is 2. The van der Waals surface area contributed by atoms with Crippen LogP contribution in [0.2, 0.25) is 0 Å². The highest BCUT2D eigenvalue weighted by Crippen LogP contribution is 2.16. The topological polar surface area (TPSA) is 102 Å². The van der Waals surface area contributed by atoms with Gasteiger partial charge in [-0.05, 0) is 50.2 Å². The summed E-state index contributed by atoms with van der Waals surface area (Å²) in [6.45, 7) is 4.66. The van der Waals surface area contributed by atoms with Crippen molar-refractivity contribution in [1.82, 2.24) is 14.9 Å². The van der Waals surface area contributed by atoms with E-state index in [1.54, 1.807) is 42.5 Å². The highest BCUT2D eigenvalue weighted by Gasteiger charge is 2.15. The molecule has 0 bridgehead atoms. The van der Waals surface area contributed by atoms with Crippen molar-refractivity contribution in [2.75, 3.05) is 18.5 Å². The van der Waals surface area contributed by atoms with E-state index in [4.69, 9.17) is 4.74 Å². The number of hydrogen-bond donors (Lipinski definition) is 2. The Labute approximate surface area is 180 Å². The molecule has 3 aromatic rings. The smallest absolute Gasteiger partial charge is 0.273 e. The second kappa shape index (κ2) is 10.4. The van der Waals surface area contributed by atoms with Gasteiger partial charge >= 0.3 is 0 Å². The average molecular weight is 422 g/mol. The molecule has 0 radical (unpaired) electrons. The predicted molar refractivity (Wildman–Crippen MR) is 119 cm³/mol. The van der Waals surface area contributed by atoms with Crippen molar-refractivity contribution in [3.05, 3.63) is 64.6 Å². The third kappa shape index (κ3) is 5.69. The number of ether oxygens (including phenoxy) is 1. The molecule has 0 saturated heterocycles. The summed E-state index contributed by atoms with van der Waals surface area (Å²) in [6.07, 6.45) is 0.364. The number of nitrogens with zero attached hydrogens (tertiary/aromatic N) is 2. The Hall–Kier alpha value is -3.68. The van der Waals surface area contributed by atoms with Gasteiger partial charge in [0, 0.05) is 25.1 Å². The number of rotatable bonds is 9. The maximum atomic E-state index is 13.0. The monoisotopic (exact) mass is 422 g/mol. The molecule has 31 heavy (non-hydrogen) atoms. The van der Waals surface area contributed by atoms with Gasteiger partial charge in [-0.1, -0.05) is 12.1 Å². The van der Waals surface area contributed by atoms with Crippen molar-refractivity contribution in [2.24, 2.45) is 0 Å². The van der Waals surface area contributed by atoms with Crippen molar-refractivity contribution in [1.29, 1.82) is 0 Å². The third-order valence-corrected chi connectivity index (χ3v) is 4.63. The Morgan fingerprint density at radius 2 is 1.77 bits per heavy atom. The second-order valence-corrected chi connectivity index (χ2v) is 6.90. The molecule has 0 atom stereocenters. The van der Waals surface area contributed by atoms with Crippen molar-refractivity contribution in [3.8, 4) is 5.75 Å². The van der Waals surface area contributed by atoms with Crippen LogP contribution in [-0.4, -0.2) is 34.5 Å². The largest absolute Gasteiger partial charge is 0.494 e. The summed E-state index contributed by atoms with van der Waals surface area (Å²) >= 11 is 0. The minimum absolute atomic E-state index is 0.142. The number of para-hydroxylation sites is 2. The molecule has 0 unspecified atom stereocenters. The number of benzene rings is 2. The second-order valence-electron chi connectivity index (χ2n) is 6.90. The first-order valence-electron chi connectivity index (χ1n) is 10.3. The number of fused-ring (bicyclic) bond motifs is 1. The van der Waals surface area contributed by atoms with E-state index < -0.39 is 0 Å². The van der Waals surface area contributed by atoms with Crippen molar-refractivity contribution in [2.45, 2.75) is 33.2 Å². The molecular weight excluding hydrogens is 396 g/mol. The molecule has 2 N–H and O–H groups in total. The van der Waals surface area contributed by atoms with E-state index in [0.29, 0.717) is 35.6 Å². The summed E-state index contributed by atoms with van der Waals surface area (Å²) in [5.74, 6) is 0.238. The van der Waals surface area contributed by atoms with E-state index in [9.17, 15) is 14.4 Å². The molecule has 0 fully saturated rings. The number of amides is 2. The molecule has 0 spiro atoms. The quantitative estimate of drug-likeness (QED) is 0.552. The van der Waals surface area contributed by atoms with Crippen LogP contribution in [0.1, 0.15) is 26.0 Å². The molecule has 162 valence electrons. The van der Waals surface area contributed by atoms with E-state index in [0.717, 1.165) is 0 Å². The van der Waals surface area contributed by atoms with Gasteiger partial charge < -0.3 is 15.4 Å². The van der Waals surface area contributed by atoms with E-state index in [1.165, 1.54) is 4.57 Å². The maximum absolute atomic E-state index is 13.0. The first-order chi connectivity index (χ1) is 15.0. The first kappa shape index (κ1) is 22.0. The van der Waals surface area contributed by atoms with Gasteiger partial charge in [-0.3, -0.25) is 19.0 Å². The molecule has 3 rings (SSSR count). The van der Waals surface area contributed by atoms with Crippen molar-refractivity contribution < 1.29 is 14.3 Å². The highest BCUT2D eigenvalue weighted by atomic mass is 16.5. The molecule has 1 heterocycles. The minimum atomic E-state index is -0.371. The van der Waals surface area contributed by atoms with Gasteiger partial charge in [0.1, 0.15) is 18.0 Å². The average Bonchev–Trinajstić information content (AvgIpc) is 2.76. The van der Waals surface area contributed by atoms with Gasteiger partial charge in [-0.15, -0.1) is 0 Å². The van der Waals surface area contributed by atoms with Crippen LogP contribution in [0.4, 0.5) is 5.69 Å². The number of aromatic nitrogens is 2. The molecule has 0 aliphatic rings. The van der Waals surface area contributed by atoms with Gasteiger partial charge in [0.2, 0.25) is 11.8 Å². The fourth-order valence-corrected chi connectivity index (χ4v) is 3.23. The SMILES string of the molecule is CCNC(=O)CCc1nc2ccccc2n(CC(=O)Nc2ccc(OCC)cc2)c1=O. The fraction of sp³-hybridized carbons (Fsp3) is 0.304. The van der Waals surface area contributed by atoms with Gasteiger partial charge in [0.15, 0.2) is 0 Å². The number of carbonyl (C=O) groups is 2. The summed E-state index contributed by atoms with van der Waals surface area (Å²) in [6, 6.07) is 14.2. The molecule has 8 nitrogen and oxygen atoms in total. The summed E-state index contributed by atoms with van der Waals surface area (Å²) < 4.78 is 6.80. The van der Waals surface area contributed by atoms with Gasteiger partial charge in [0.05, 0.1) is 17.6 Å². The fourth-order valence-electron chi connectivity index (χ4n) is 3.23. The van der Waals surface area contributed by atoms with Crippen LogP contribution in [0.5, 0.6) is 5.75 Å². The lowest BCUT2D eigenvalue weighted by Crippen LogP contribution is -2.32.